The molecule has 108 valence electrons. The van der Waals surface area contributed by atoms with Gasteiger partial charge in [0.25, 0.3) is 0 Å². The van der Waals surface area contributed by atoms with Gasteiger partial charge < -0.3 is 10.6 Å². The third-order valence-electron chi connectivity index (χ3n) is 3.54. The van der Waals surface area contributed by atoms with Crippen molar-refractivity contribution in [3.05, 3.63) is 18.2 Å². The van der Waals surface area contributed by atoms with Gasteiger partial charge in [0.05, 0.1) is 0 Å². The van der Waals surface area contributed by atoms with Gasteiger partial charge in [-0.3, -0.25) is 4.79 Å². The molecule has 2 heterocycles. The van der Waals surface area contributed by atoms with Gasteiger partial charge in [-0.15, -0.1) is 12.4 Å². The minimum Gasteiger partial charge on any atom is -0.326 e. The van der Waals surface area contributed by atoms with Crippen LogP contribution >= 0.6 is 12.4 Å². The maximum atomic E-state index is 11.9. The number of carbonyl (C=O) groups excluding carboxylic acids is 1. The number of aromatic amines is 1. The molecule has 0 radical (unpaired) electrons. The van der Waals surface area contributed by atoms with E-state index in [4.69, 9.17) is 0 Å². The summed E-state index contributed by atoms with van der Waals surface area (Å²) in [6, 6.07) is 5.52. The molecule has 1 aliphatic heterocycles. The average molecular weight is 296 g/mol. The van der Waals surface area contributed by atoms with Gasteiger partial charge in [0, 0.05) is 12.1 Å². The Morgan fingerprint density at radius 1 is 1.35 bits per heavy atom. The summed E-state index contributed by atoms with van der Waals surface area (Å²) < 4.78 is 0. The number of rotatable bonds is 4. The molecule has 2 aromatic rings. The van der Waals surface area contributed by atoms with Gasteiger partial charge in [-0.1, -0.05) is 0 Å². The van der Waals surface area contributed by atoms with Crippen molar-refractivity contribution in [1.29, 1.82) is 0 Å². The van der Waals surface area contributed by atoms with Crippen LogP contribution in [0.2, 0.25) is 0 Å². The fraction of sp³-hybridized carbons (Fsp3) is 0.462. The van der Waals surface area contributed by atoms with Crippen LogP contribution in [-0.2, 0) is 4.79 Å². The number of benzene rings is 1. The molecule has 1 saturated heterocycles. The third-order valence-corrected chi connectivity index (χ3v) is 3.54. The SMILES string of the molecule is Cl.O=C(CCC1CCNC1)Nc1ccc2n[nH]nc2c1. The van der Waals surface area contributed by atoms with Crippen LogP contribution in [0.15, 0.2) is 18.2 Å². The predicted molar refractivity (Wildman–Crippen MR) is 80.0 cm³/mol. The van der Waals surface area contributed by atoms with E-state index in [1.807, 2.05) is 18.2 Å². The summed E-state index contributed by atoms with van der Waals surface area (Å²) in [6.45, 7) is 2.12. The van der Waals surface area contributed by atoms with Crippen LogP contribution in [0, 0.1) is 5.92 Å². The molecule has 1 fully saturated rings. The number of fused-ring (bicyclic) bond motifs is 1. The summed E-state index contributed by atoms with van der Waals surface area (Å²) >= 11 is 0. The molecule has 1 atom stereocenters. The highest BCUT2D eigenvalue weighted by molar-refractivity contribution is 5.92. The fourth-order valence-corrected chi connectivity index (χ4v) is 2.44. The van der Waals surface area contributed by atoms with Crippen molar-refractivity contribution in [3.8, 4) is 0 Å². The lowest BCUT2D eigenvalue weighted by molar-refractivity contribution is -0.116. The van der Waals surface area contributed by atoms with Gasteiger partial charge in [0.15, 0.2) is 0 Å². The molecule has 0 saturated carbocycles. The monoisotopic (exact) mass is 295 g/mol. The van der Waals surface area contributed by atoms with Crippen molar-refractivity contribution in [2.24, 2.45) is 5.92 Å². The van der Waals surface area contributed by atoms with Crippen LogP contribution in [-0.4, -0.2) is 34.4 Å². The minimum absolute atomic E-state index is 0. The Morgan fingerprint density at radius 2 is 2.20 bits per heavy atom. The summed E-state index contributed by atoms with van der Waals surface area (Å²) in [6.07, 6.45) is 2.70. The second-order valence-electron chi connectivity index (χ2n) is 4.97. The van der Waals surface area contributed by atoms with Crippen LogP contribution in [0.4, 0.5) is 5.69 Å². The first-order chi connectivity index (χ1) is 9.31. The normalized spacial score (nSPS) is 17.9. The number of hydrogen-bond donors (Lipinski definition) is 3. The Balaban J connectivity index is 0.00000147. The largest absolute Gasteiger partial charge is 0.326 e. The molecule has 6 nitrogen and oxygen atoms in total. The first kappa shape index (κ1) is 14.7. The lowest BCUT2D eigenvalue weighted by Gasteiger charge is -2.08. The van der Waals surface area contributed by atoms with E-state index in [1.165, 1.54) is 6.42 Å². The van der Waals surface area contributed by atoms with Crippen molar-refractivity contribution >= 4 is 35.0 Å². The first-order valence-electron chi connectivity index (χ1n) is 6.62. The van der Waals surface area contributed by atoms with Crippen LogP contribution in [0.5, 0.6) is 0 Å². The van der Waals surface area contributed by atoms with E-state index in [9.17, 15) is 4.79 Å². The molecule has 1 unspecified atom stereocenters. The van der Waals surface area contributed by atoms with Gasteiger partial charge in [-0.05, 0) is 50.0 Å². The quantitative estimate of drug-likeness (QED) is 0.802. The Morgan fingerprint density at radius 3 is 3.00 bits per heavy atom. The molecule has 0 aliphatic carbocycles. The van der Waals surface area contributed by atoms with Crippen molar-refractivity contribution < 1.29 is 4.79 Å². The minimum atomic E-state index is 0. The number of H-pyrrole nitrogens is 1. The summed E-state index contributed by atoms with van der Waals surface area (Å²) in [5.74, 6) is 0.707. The Labute approximate surface area is 123 Å². The Kier molecular flexibility index (Phi) is 4.92. The second kappa shape index (κ2) is 6.67. The second-order valence-corrected chi connectivity index (χ2v) is 4.97. The molecule has 3 rings (SSSR count). The van der Waals surface area contributed by atoms with Crippen LogP contribution < -0.4 is 10.6 Å². The molecule has 1 aromatic carbocycles. The lowest BCUT2D eigenvalue weighted by Crippen LogP contribution is -2.14. The summed E-state index contributed by atoms with van der Waals surface area (Å²) in [7, 11) is 0. The molecule has 3 N–H and O–H groups in total. The zero-order valence-electron chi connectivity index (χ0n) is 11.1. The zero-order chi connectivity index (χ0) is 13.1. The summed E-state index contributed by atoms with van der Waals surface area (Å²) in [4.78, 5) is 11.9. The number of nitrogens with zero attached hydrogens (tertiary/aromatic N) is 2. The Bertz CT molecular complexity index is 579. The maximum Gasteiger partial charge on any atom is 0.224 e. The molecule has 1 aromatic heterocycles. The van der Waals surface area contributed by atoms with E-state index < -0.39 is 0 Å². The van der Waals surface area contributed by atoms with Gasteiger partial charge >= 0.3 is 0 Å². The lowest BCUT2D eigenvalue weighted by atomic mass is 10.0. The standard InChI is InChI=1S/C13H17N5O.ClH/c19-13(4-1-9-5-6-14-8-9)15-10-2-3-11-12(7-10)17-18-16-11;/h2-3,7,9,14H,1,4-6,8H2,(H,15,19)(H,16,17,18);1H. The van der Waals surface area contributed by atoms with Gasteiger partial charge in [0.2, 0.25) is 5.91 Å². The third kappa shape index (κ3) is 3.46. The molecule has 1 amide bonds. The highest BCUT2D eigenvalue weighted by Gasteiger charge is 2.15. The first-order valence-corrected chi connectivity index (χ1v) is 6.62. The Hall–Kier alpha value is -1.66. The van der Waals surface area contributed by atoms with Crippen LogP contribution in [0.25, 0.3) is 11.0 Å². The topological polar surface area (TPSA) is 82.7 Å². The van der Waals surface area contributed by atoms with Crippen molar-refractivity contribution in [1.82, 2.24) is 20.7 Å². The maximum absolute atomic E-state index is 11.9. The molecule has 1 aliphatic rings. The molecular weight excluding hydrogens is 278 g/mol. The fourth-order valence-electron chi connectivity index (χ4n) is 2.44. The number of halogens is 1. The molecule has 7 heteroatoms. The van der Waals surface area contributed by atoms with E-state index >= 15 is 0 Å². The number of anilines is 1. The average Bonchev–Trinajstić information content (AvgIpc) is 3.07. The molecular formula is C13H18ClN5O. The smallest absolute Gasteiger partial charge is 0.224 e. The van der Waals surface area contributed by atoms with Crippen molar-refractivity contribution in [2.75, 3.05) is 18.4 Å². The van der Waals surface area contributed by atoms with E-state index in [2.05, 4.69) is 26.0 Å². The van der Waals surface area contributed by atoms with E-state index in [0.29, 0.717) is 12.3 Å². The van der Waals surface area contributed by atoms with Gasteiger partial charge in [-0.2, -0.15) is 15.4 Å². The molecule has 20 heavy (non-hydrogen) atoms. The van der Waals surface area contributed by atoms with E-state index in [0.717, 1.165) is 36.2 Å². The van der Waals surface area contributed by atoms with E-state index in [-0.39, 0.29) is 18.3 Å². The predicted octanol–water partition coefficient (Wildman–Crippen LogP) is 1.71. The van der Waals surface area contributed by atoms with Crippen LogP contribution in [0.1, 0.15) is 19.3 Å². The summed E-state index contributed by atoms with van der Waals surface area (Å²) in [5.41, 5.74) is 2.34. The zero-order valence-corrected chi connectivity index (χ0v) is 11.9. The van der Waals surface area contributed by atoms with Crippen LogP contribution in [0.3, 0.4) is 0 Å². The van der Waals surface area contributed by atoms with Crippen molar-refractivity contribution in [3.63, 3.8) is 0 Å². The molecule has 0 spiro atoms. The van der Waals surface area contributed by atoms with Gasteiger partial charge in [-0.25, -0.2) is 0 Å². The van der Waals surface area contributed by atoms with Crippen molar-refractivity contribution in [2.45, 2.75) is 19.3 Å². The van der Waals surface area contributed by atoms with E-state index in [1.54, 1.807) is 0 Å². The number of carbonyl (C=O) groups is 1. The number of amides is 1. The highest BCUT2D eigenvalue weighted by Crippen LogP contribution is 2.17. The number of nitrogens with one attached hydrogen (secondary N) is 3. The summed E-state index contributed by atoms with van der Waals surface area (Å²) in [5, 5.41) is 16.8. The number of aromatic nitrogens is 3. The highest BCUT2D eigenvalue weighted by atomic mass is 35.5. The number of hydrogen-bond acceptors (Lipinski definition) is 4. The molecule has 0 bridgehead atoms. The van der Waals surface area contributed by atoms with Gasteiger partial charge in [0.1, 0.15) is 11.0 Å².